The second-order valence-corrected chi connectivity index (χ2v) is 4.58. The Kier molecular flexibility index (Phi) is 4.00. The first-order valence-corrected chi connectivity index (χ1v) is 6.12. The topological polar surface area (TPSA) is 79.3 Å². The summed E-state index contributed by atoms with van der Waals surface area (Å²) in [6, 6.07) is 7.59. The number of benzene rings is 1. The van der Waals surface area contributed by atoms with E-state index in [9.17, 15) is 9.59 Å². The lowest BCUT2D eigenvalue weighted by Crippen LogP contribution is -2.14. The number of hydrogen-bond donors (Lipinski definition) is 2. The summed E-state index contributed by atoms with van der Waals surface area (Å²) in [5, 5.41) is 12.0. The van der Waals surface area contributed by atoms with E-state index in [1.54, 1.807) is 19.1 Å². The van der Waals surface area contributed by atoms with Crippen LogP contribution in [0.25, 0.3) is 0 Å². The van der Waals surface area contributed by atoms with Crippen molar-refractivity contribution < 1.29 is 14.7 Å². The van der Waals surface area contributed by atoms with Gasteiger partial charge in [-0.15, -0.1) is 0 Å². The van der Waals surface area contributed by atoms with Gasteiger partial charge in [0.05, 0.1) is 5.56 Å². The third-order valence-corrected chi connectivity index (χ3v) is 2.90. The van der Waals surface area contributed by atoms with Crippen LogP contribution >= 0.6 is 11.6 Å². The van der Waals surface area contributed by atoms with Gasteiger partial charge in [0, 0.05) is 16.9 Å². The molecule has 0 radical (unpaired) electrons. The monoisotopic (exact) mass is 290 g/mol. The highest BCUT2D eigenvalue weighted by molar-refractivity contribution is 6.30. The fraction of sp³-hybridized carbons (Fsp3) is 0.0714. The van der Waals surface area contributed by atoms with E-state index in [0.29, 0.717) is 16.3 Å². The third-order valence-electron chi connectivity index (χ3n) is 2.67. The summed E-state index contributed by atoms with van der Waals surface area (Å²) in [5.41, 5.74) is 1.45. The van der Waals surface area contributed by atoms with Crippen molar-refractivity contribution in [1.82, 2.24) is 4.98 Å². The Morgan fingerprint density at radius 3 is 2.60 bits per heavy atom. The molecule has 0 unspecified atom stereocenters. The number of nitrogens with zero attached hydrogens (tertiary/aromatic N) is 1. The predicted octanol–water partition coefficient (Wildman–Crippen LogP) is 2.99. The van der Waals surface area contributed by atoms with E-state index in [1.165, 1.54) is 24.4 Å². The van der Waals surface area contributed by atoms with E-state index in [4.69, 9.17) is 16.7 Å². The summed E-state index contributed by atoms with van der Waals surface area (Å²) >= 11 is 5.79. The first kappa shape index (κ1) is 14.0. The molecule has 1 aromatic heterocycles. The number of carboxylic acids is 1. The van der Waals surface area contributed by atoms with Crippen LogP contribution in [0.5, 0.6) is 0 Å². The van der Waals surface area contributed by atoms with Gasteiger partial charge in [0.1, 0.15) is 5.69 Å². The lowest BCUT2D eigenvalue weighted by molar-refractivity contribution is 0.0696. The second-order valence-electron chi connectivity index (χ2n) is 4.15. The number of halogens is 1. The highest BCUT2D eigenvalue weighted by Gasteiger charge is 2.11. The van der Waals surface area contributed by atoms with Crippen molar-refractivity contribution >= 4 is 29.2 Å². The van der Waals surface area contributed by atoms with Crippen molar-refractivity contribution in [2.24, 2.45) is 0 Å². The summed E-state index contributed by atoms with van der Waals surface area (Å²) in [6.07, 6.45) is 1.44. The molecule has 0 aliphatic heterocycles. The van der Waals surface area contributed by atoms with Gasteiger partial charge < -0.3 is 10.4 Å². The molecule has 0 atom stereocenters. The zero-order valence-corrected chi connectivity index (χ0v) is 11.3. The summed E-state index contributed by atoms with van der Waals surface area (Å²) in [5.74, 6) is -1.41. The van der Waals surface area contributed by atoms with Gasteiger partial charge >= 0.3 is 5.97 Å². The summed E-state index contributed by atoms with van der Waals surface area (Å²) in [6.45, 7) is 1.66. The number of anilines is 1. The maximum absolute atomic E-state index is 11.9. The van der Waals surface area contributed by atoms with Crippen LogP contribution < -0.4 is 5.32 Å². The Morgan fingerprint density at radius 1 is 1.25 bits per heavy atom. The van der Waals surface area contributed by atoms with Gasteiger partial charge in [-0.2, -0.15) is 0 Å². The zero-order chi connectivity index (χ0) is 14.7. The van der Waals surface area contributed by atoms with Crippen LogP contribution in [0.2, 0.25) is 5.02 Å². The number of aryl methyl sites for hydroxylation is 1. The number of pyridine rings is 1. The molecule has 2 N–H and O–H groups in total. The SMILES string of the molecule is Cc1cc(NC(=O)c2cc(Cl)ccn2)ccc1C(=O)O. The number of carbonyl (C=O) groups excluding carboxylic acids is 1. The average Bonchev–Trinajstić information content (AvgIpc) is 2.38. The van der Waals surface area contributed by atoms with Gasteiger partial charge in [-0.1, -0.05) is 11.6 Å². The van der Waals surface area contributed by atoms with Crippen LogP contribution in [0.15, 0.2) is 36.5 Å². The van der Waals surface area contributed by atoms with Gasteiger partial charge in [-0.25, -0.2) is 4.79 Å². The minimum Gasteiger partial charge on any atom is -0.478 e. The van der Waals surface area contributed by atoms with Crippen molar-refractivity contribution in [3.63, 3.8) is 0 Å². The fourth-order valence-electron chi connectivity index (χ4n) is 1.71. The average molecular weight is 291 g/mol. The second kappa shape index (κ2) is 5.71. The van der Waals surface area contributed by atoms with Crippen molar-refractivity contribution in [3.05, 3.63) is 58.4 Å². The molecular weight excluding hydrogens is 280 g/mol. The van der Waals surface area contributed by atoms with Gasteiger partial charge in [-0.05, 0) is 42.8 Å². The molecule has 2 aromatic rings. The largest absolute Gasteiger partial charge is 0.478 e. The summed E-state index contributed by atoms with van der Waals surface area (Å²) in [7, 11) is 0. The van der Waals surface area contributed by atoms with E-state index in [2.05, 4.69) is 10.3 Å². The zero-order valence-electron chi connectivity index (χ0n) is 10.6. The maximum Gasteiger partial charge on any atom is 0.335 e. The standard InChI is InChI=1S/C14H11ClN2O3/c1-8-6-10(2-3-11(8)14(19)20)17-13(18)12-7-9(15)4-5-16-12/h2-7H,1H3,(H,17,18)(H,19,20). The van der Waals surface area contributed by atoms with Gasteiger partial charge in [-0.3, -0.25) is 9.78 Å². The van der Waals surface area contributed by atoms with Crippen LogP contribution in [0, 0.1) is 6.92 Å². The lowest BCUT2D eigenvalue weighted by atomic mass is 10.1. The number of amides is 1. The molecule has 6 heteroatoms. The Balaban J connectivity index is 2.20. The molecule has 0 spiro atoms. The normalized spacial score (nSPS) is 10.1. The molecule has 1 heterocycles. The molecule has 1 amide bonds. The Hall–Kier alpha value is -2.40. The van der Waals surface area contributed by atoms with Gasteiger partial charge in [0.2, 0.25) is 0 Å². The van der Waals surface area contributed by atoms with Crippen molar-refractivity contribution in [2.75, 3.05) is 5.32 Å². The first-order valence-electron chi connectivity index (χ1n) is 5.74. The highest BCUT2D eigenvalue weighted by Crippen LogP contribution is 2.16. The van der Waals surface area contributed by atoms with E-state index in [0.717, 1.165) is 0 Å². The minimum atomic E-state index is -1.00. The van der Waals surface area contributed by atoms with Crippen LogP contribution in [0.1, 0.15) is 26.4 Å². The van der Waals surface area contributed by atoms with E-state index >= 15 is 0 Å². The first-order chi connectivity index (χ1) is 9.47. The number of aromatic carboxylic acids is 1. The Morgan fingerprint density at radius 2 is 2.00 bits per heavy atom. The highest BCUT2D eigenvalue weighted by atomic mass is 35.5. The molecule has 102 valence electrons. The smallest absolute Gasteiger partial charge is 0.335 e. The van der Waals surface area contributed by atoms with Crippen LogP contribution in [0.4, 0.5) is 5.69 Å². The van der Waals surface area contributed by atoms with E-state index < -0.39 is 11.9 Å². The molecule has 0 aliphatic carbocycles. The van der Waals surface area contributed by atoms with E-state index in [1.807, 2.05) is 0 Å². The molecule has 2 rings (SSSR count). The molecule has 0 saturated carbocycles. The Labute approximate surface area is 120 Å². The molecule has 0 aliphatic rings. The van der Waals surface area contributed by atoms with Crippen molar-refractivity contribution in [1.29, 1.82) is 0 Å². The summed E-state index contributed by atoms with van der Waals surface area (Å²) < 4.78 is 0. The predicted molar refractivity (Wildman–Crippen MR) is 75.3 cm³/mol. The van der Waals surface area contributed by atoms with Gasteiger partial charge in [0.15, 0.2) is 0 Å². The fourth-order valence-corrected chi connectivity index (χ4v) is 1.87. The van der Waals surface area contributed by atoms with Gasteiger partial charge in [0.25, 0.3) is 5.91 Å². The molecule has 0 bridgehead atoms. The van der Waals surface area contributed by atoms with Crippen molar-refractivity contribution in [2.45, 2.75) is 6.92 Å². The number of aromatic nitrogens is 1. The quantitative estimate of drug-likeness (QED) is 0.911. The minimum absolute atomic E-state index is 0.192. The van der Waals surface area contributed by atoms with Crippen LogP contribution in [-0.4, -0.2) is 22.0 Å². The van der Waals surface area contributed by atoms with Crippen LogP contribution in [-0.2, 0) is 0 Å². The molecule has 0 saturated heterocycles. The summed E-state index contributed by atoms with van der Waals surface area (Å²) in [4.78, 5) is 26.8. The van der Waals surface area contributed by atoms with E-state index in [-0.39, 0.29) is 11.3 Å². The molecule has 1 aromatic carbocycles. The molecule has 5 nitrogen and oxygen atoms in total. The maximum atomic E-state index is 11.9. The number of hydrogen-bond acceptors (Lipinski definition) is 3. The molecule has 20 heavy (non-hydrogen) atoms. The van der Waals surface area contributed by atoms with Crippen molar-refractivity contribution in [3.8, 4) is 0 Å². The molecular formula is C14H11ClN2O3. The number of carboxylic acid groups (broad SMARTS) is 1. The third kappa shape index (κ3) is 3.13. The number of nitrogens with one attached hydrogen (secondary N) is 1. The Bertz CT molecular complexity index is 686. The van der Waals surface area contributed by atoms with Crippen LogP contribution in [0.3, 0.4) is 0 Å². The number of rotatable bonds is 3. The molecule has 0 fully saturated rings. The lowest BCUT2D eigenvalue weighted by Gasteiger charge is -2.07. The number of carbonyl (C=O) groups is 2.